The third-order valence-corrected chi connectivity index (χ3v) is 4.22. The molecule has 2 rings (SSSR count). The van der Waals surface area contributed by atoms with Crippen molar-refractivity contribution in [2.24, 2.45) is 4.99 Å². The Morgan fingerprint density at radius 3 is 2.77 bits per heavy atom. The van der Waals surface area contributed by atoms with E-state index in [9.17, 15) is 4.79 Å². The molecule has 0 unspecified atom stereocenters. The van der Waals surface area contributed by atoms with E-state index in [-0.39, 0.29) is 29.9 Å². The second-order valence-corrected chi connectivity index (χ2v) is 6.23. The number of carbonyl (C=O) groups excluding carboxylic acids is 1. The summed E-state index contributed by atoms with van der Waals surface area (Å²) in [5, 5.41) is 11.6. The Morgan fingerprint density at radius 2 is 2.14 bits per heavy atom. The number of carbonyl (C=O) groups is 1. The second kappa shape index (κ2) is 10.8. The molecule has 3 N–H and O–H groups in total. The van der Waals surface area contributed by atoms with Gasteiger partial charge in [-0.25, -0.2) is 0 Å². The molecule has 0 aliphatic heterocycles. The zero-order chi connectivity index (χ0) is 14.9. The van der Waals surface area contributed by atoms with Crippen molar-refractivity contribution in [3.05, 3.63) is 22.4 Å². The predicted octanol–water partition coefficient (Wildman–Crippen LogP) is 2.13. The molecule has 0 radical (unpaired) electrons. The molecule has 0 atom stereocenters. The summed E-state index contributed by atoms with van der Waals surface area (Å²) in [5.41, 5.74) is 0. The van der Waals surface area contributed by atoms with Crippen LogP contribution in [0.2, 0.25) is 0 Å². The van der Waals surface area contributed by atoms with Crippen molar-refractivity contribution in [1.29, 1.82) is 0 Å². The minimum atomic E-state index is 0. The summed E-state index contributed by atoms with van der Waals surface area (Å²) < 4.78 is 0. The Kier molecular flexibility index (Phi) is 9.45. The molecule has 5 nitrogen and oxygen atoms in total. The lowest BCUT2D eigenvalue weighted by Crippen LogP contribution is -2.39. The molecule has 22 heavy (non-hydrogen) atoms. The number of nitrogens with one attached hydrogen (secondary N) is 3. The SMILES string of the molecule is CN=C(NCCCC(=O)NC1CC1)NCCc1cccs1.I. The lowest BCUT2D eigenvalue weighted by molar-refractivity contribution is -0.121. The van der Waals surface area contributed by atoms with Gasteiger partial charge in [-0.2, -0.15) is 0 Å². The van der Waals surface area contributed by atoms with Crippen LogP contribution in [-0.2, 0) is 11.2 Å². The van der Waals surface area contributed by atoms with Crippen molar-refractivity contribution in [2.45, 2.75) is 38.1 Å². The molecule has 1 aromatic heterocycles. The molecule has 0 aromatic carbocycles. The Labute approximate surface area is 153 Å². The number of rotatable bonds is 8. The van der Waals surface area contributed by atoms with Gasteiger partial charge >= 0.3 is 0 Å². The highest BCUT2D eigenvalue weighted by atomic mass is 127. The highest BCUT2D eigenvalue weighted by molar-refractivity contribution is 14.0. The Balaban J connectivity index is 0.00000242. The van der Waals surface area contributed by atoms with Gasteiger partial charge in [-0.15, -0.1) is 35.3 Å². The van der Waals surface area contributed by atoms with Gasteiger partial charge in [-0.1, -0.05) is 6.07 Å². The van der Waals surface area contributed by atoms with Gasteiger partial charge in [0, 0.05) is 37.5 Å². The summed E-state index contributed by atoms with van der Waals surface area (Å²) in [5.74, 6) is 0.967. The number of aliphatic imine (C=N–C) groups is 1. The first-order valence-corrected chi connectivity index (χ1v) is 8.42. The molecule has 1 heterocycles. The maximum Gasteiger partial charge on any atom is 0.220 e. The molecule has 124 valence electrons. The highest BCUT2D eigenvalue weighted by Gasteiger charge is 2.22. The van der Waals surface area contributed by atoms with Crippen LogP contribution in [0.3, 0.4) is 0 Å². The van der Waals surface area contributed by atoms with Gasteiger partial charge in [0.15, 0.2) is 5.96 Å². The molecule has 1 saturated carbocycles. The highest BCUT2D eigenvalue weighted by Crippen LogP contribution is 2.18. The smallest absolute Gasteiger partial charge is 0.220 e. The van der Waals surface area contributed by atoms with Crippen LogP contribution in [0.15, 0.2) is 22.5 Å². The molecule has 1 aliphatic carbocycles. The monoisotopic (exact) mass is 436 g/mol. The molecule has 1 aliphatic rings. The van der Waals surface area contributed by atoms with Crippen LogP contribution in [0.5, 0.6) is 0 Å². The van der Waals surface area contributed by atoms with Crippen molar-refractivity contribution in [1.82, 2.24) is 16.0 Å². The molecule has 0 spiro atoms. The number of halogens is 1. The lowest BCUT2D eigenvalue weighted by Gasteiger charge is -2.11. The van der Waals surface area contributed by atoms with E-state index in [0.717, 1.165) is 44.7 Å². The Morgan fingerprint density at radius 1 is 1.36 bits per heavy atom. The van der Waals surface area contributed by atoms with Gasteiger partial charge in [0.1, 0.15) is 0 Å². The number of nitrogens with zero attached hydrogens (tertiary/aromatic N) is 1. The second-order valence-electron chi connectivity index (χ2n) is 5.20. The molecule has 1 amide bonds. The summed E-state index contributed by atoms with van der Waals surface area (Å²) in [7, 11) is 1.76. The van der Waals surface area contributed by atoms with E-state index in [4.69, 9.17) is 0 Å². The topological polar surface area (TPSA) is 65.5 Å². The van der Waals surface area contributed by atoms with Crippen molar-refractivity contribution in [3.8, 4) is 0 Å². The van der Waals surface area contributed by atoms with E-state index in [1.807, 2.05) is 0 Å². The molecular formula is C15H25IN4OS. The molecule has 7 heteroatoms. The summed E-state index contributed by atoms with van der Waals surface area (Å²) in [6.45, 7) is 1.62. The molecule has 1 fully saturated rings. The van der Waals surface area contributed by atoms with E-state index in [1.54, 1.807) is 18.4 Å². The van der Waals surface area contributed by atoms with Crippen LogP contribution < -0.4 is 16.0 Å². The maximum absolute atomic E-state index is 11.5. The van der Waals surface area contributed by atoms with Crippen molar-refractivity contribution < 1.29 is 4.79 Å². The van der Waals surface area contributed by atoms with E-state index in [0.29, 0.717) is 12.5 Å². The van der Waals surface area contributed by atoms with Gasteiger partial charge in [0.05, 0.1) is 0 Å². The molecule has 0 bridgehead atoms. The van der Waals surface area contributed by atoms with Gasteiger partial charge in [-0.05, 0) is 37.1 Å². The summed E-state index contributed by atoms with van der Waals surface area (Å²) in [6.07, 6.45) is 4.69. The average molecular weight is 436 g/mol. The number of amides is 1. The normalized spacial score (nSPS) is 14.1. The van der Waals surface area contributed by atoms with Gasteiger partial charge in [0.2, 0.25) is 5.91 Å². The van der Waals surface area contributed by atoms with Crippen LogP contribution in [0.25, 0.3) is 0 Å². The standard InChI is InChI=1S/C15H24N4OS.HI/c1-16-15(18-10-8-13-4-3-11-21-13)17-9-2-5-14(20)19-12-6-7-12;/h3-4,11-12H,2,5-10H2,1H3,(H,19,20)(H2,16,17,18);1H. The van der Waals surface area contributed by atoms with Crippen molar-refractivity contribution in [2.75, 3.05) is 20.1 Å². The molecule has 0 saturated heterocycles. The van der Waals surface area contributed by atoms with Gasteiger partial charge in [-0.3, -0.25) is 9.79 Å². The molecule has 1 aromatic rings. The third-order valence-electron chi connectivity index (χ3n) is 3.28. The van der Waals surface area contributed by atoms with Gasteiger partial charge < -0.3 is 16.0 Å². The summed E-state index contributed by atoms with van der Waals surface area (Å²) >= 11 is 1.77. The first kappa shape index (κ1) is 19.2. The van der Waals surface area contributed by atoms with E-state index >= 15 is 0 Å². The summed E-state index contributed by atoms with van der Waals surface area (Å²) in [4.78, 5) is 17.1. The van der Waals surface area contributed by atoms with E-state index < -0.39 is 0 Å². The largest absolute Gasteiger partial charge is 0.356 e. The lowest BCUT2D eigenvalue weighted by atomic mass is 10.3. The summed E-state index contributed by atoms with van der Waals surface area (Å²) in [6, 6.07) is 4.66. The van der Waals surface area contributed by atoms with Crippen molar-refractivity contribution in [3.63, 3.8) is 0 Å². The zero-order valence-corrected chi connectivity index (χ0v) is 16.1. The first-order valence-electron chi connectivity index (χ1n) is 7.54. The maximum atomic E-state index is 11.5. The number of guanidine groups is 1. The van der Waals surface area contributed by atoms with Crippen LogP contribution in [0, 0.1) is 0 Å². The fourth-order valence-electron chi connectivity index (χ4n) is 1.96. The minimum Gasteiger partial charge on any atom is -0.356 e. The predicted molar refractivity (Wildman–Crippen MR) is 103 cm³/mol. The number of hydrogen-bond donors (Lipinski definition) is 3. The van der Waals surface area contributed by atoms with Crippen LogP contribution in [0.1, 0.15) is 30.6 Å². The minimum absolute atomic E-state index is 0. The Bertz CT molecular complexity index is 460. The zero-order valence-electron chi connectivity index (χ0n) is 12.9. The van der Waals surface area contributed by atoms with Crippen LogP contribution >= 0.6 is 35.3 Å². The quantitative estimate of drug-likeness (QED) is 0.253. The van der Waals surface area contributed by atoms with E-state index in [2.05, 4.69) is 38.5 Å². The van der Waals surface area contributed by atoms with Gasteiger partial charge in [0.25, 0.3) is 0 Å². The average Bonchev–Trinajstić information content (AvgIpc) is 3.14. The number of hydrogen-bond acceptors (Lipinski definition) is 3. The number of thiophene rings is 1. The van der Waals surface area contributed by atoms with Crippen LogP contribution in [-0.4, -0.2) is 38.0 Å². The third kappa shape index (κ3) is 7.98. The van der Waals surface area contributed by atoms with Crippen molar-refractivity contribution >= 4 is 47.2 Å². The Hall–Kier alpha value is -0.830. The first-order chi connectivity index (χ1) is 10.3. The van der Waals surface area contributed by atoms with Crippen LogP contribution in [0.4, 0.5) is 0 Å². The fraction of sp³-hybridized carbons (Fsp3) is 0.600. The van der Waals surface area contributed by atoms with E-state index in [1.165, 1.54) is 4.88 Å². The fourth-order valence-corrected chi connectivity index (χ4v) is 2.67. The molecular weight excluding hydrogens is 411 g/mol.